The number of hydrogen-bond donors (Lipinski definition) is 1. The van der Waals surface area contributed by atoms with Gasteiger partial charge < -0.3 is 10.1 Å². The van der Waals surface area contributed by atoms with Gasteiger partial charge in [-0.25, -0.2) is 0 Å². The molecule has 0 aliphatic rings. The van der Waals surface area contributed by atoms with Crippen LogP contribution in [-0.2, 0) is 4.79 Å². The summed E-state index contributed by atoms with van der Waals surface area (Å²) in [6, 6.07) is 12.1. The fourth-order valence-electron chi connectivity index (χ4n) is 2.19. The lowest BCUT2D eigenvalue weighted by Crippen LogP contribution is -2.28. The summed E-state index contributed by atoms with van der Waals surface area (Å²) in [5.41, 5.74) is 1.04. The number of ether oxygens (including phenoxy) is 1. The van der Waals surface area contributed by atoms with Crippen LogP contribution in [-0.4, -0.2) is 19.6 Å². The van der Waals surface area contributed by atoms with Crippen molar-refractivity contribution in [3.8, 4) is 5.75 Å². The van der Waals surface area contributed by atoms with Crippen molar-refractivity contribution in [2.45, 2.75) is 26.2 Å². The van der Waals surface area contributed by atoms with E-state index in [-0.39, 0.29) is 11.8 Å². The first kappa shape index (κ1) is 14.4. The van der Waals surface area contributed by atoms with Gasteiger partial charge in [0.25, 0.3) is 0 Å². The van der Waals surface area contributed by atoms with Gasteiger partial charge in [0.1, 0.15) is 5.75 Å². The Morgan fingerprint density at radius 3 is 2.60 bits per heavy atom. The Labute approximate surface area is 119 Å². The molecule has 1 N–H and O–H groups in total. The molecule has 1 amide bonds. The Bertz CT molecular complexity index is 607. The summed E-state index contributed by atoms with van der Waals surface area (Å²) in [5, 5.41) is 5.18. The average molecular weight is 271 g/mol. The molecule has 0 unspecified atom stereocenters. The molecule has 2 aromatic rings. The molecule has 0 heterocycles. The number of hydrogen-bond acceptors (Lipinski definition) is 2. The molecule has 3 heteroatoms. The van der Waals surface area contributed by atoms with Crippen LogP contribution in [0.15, 0.2) is 36.4 Å². The van der Waals surface area contributed by atoms with Crippen molar-refractivity contribution in [3.05, 3.63) is 42.0 Å². The zero-order valence-corrected chi connectivity index (χ0v) is 12.3. The maximum Gasteiger partial charge on any atom is 0.227 e. The fraction of sp³-hybridized carbons (Fsp3) is 0.353. The SMILES string of the molecule is CCCNC(=O)[C@@H](C)c1ccc2cc(OC)ccc2c1. The molecule has 1 atom stereocenters. The lowest BCUT2D eigenvalue weighted by Gasteiger charge is -2.13. The van der Waals surface area contributed by atoms with Crippen molar-refractivity contribution in [2.75, 3.05) is 13.7 Å². The Morgan fingerprint density at radius 2 is 1.90 bits per heavy atom. The van der Waals surface area contributed by atoms with Gasteiger partial charge in [-0.05, 0) is 41.8 Å². The van der Waals surface area contributed by atoms with Crippen LogP contribution in [0, 0.1) is 0 Å². The predicted molar refractivity (Wildman–Crippen MR) is 82.2 cm³/mol. The van der Waals surface area contributed by atoms with Crippen molar-refractivity contribution in [2.24, 2.45) is 0 Å². The molecule has 20 heavy (non-hydrogen) atoms. The van der Waals surface area contributed by atoms with Crippen molar-refractivity contribution < 1.29 is 9.53 Å². The van der Waals surface area contributed by atoms with Crippen molar-refractivity contribution >= 4 is 16.7 Å². The van der Waals surface area contributed by atoms with Crippen LogP contribution < -0.4 is 10.1 Å². The van der Waals surface area contributed by atoms with Gasteiger partial charge in [-0.3, -0.25) is 4.79 Å². The highest BCUT2D eigenvalue weighted by atomic mass is 16.5. The number of carbonyl (C=O) groups is 1. The predicted octanol–water partition coefficient (Wildman–Crippen LogP) is 3.48. The molecule has 2 rings (SSSR count). The van der Waals surface area contributed by atoms with Gasteiger partial charge in [-0.15, -0.1) is 0 Å². The number of nitrogens with one attached hydrogen (secondary N) is 1. The van der Waals surface area contributed by atoms with E-state index in [1.54, 1.807) is 7.11 Å². The van der Waals surface area contributed by atoms with Gasteiger partial charge >= 0.3 is 0 Å². The molecule has 0 saturated carbocycles. The minimum atomic E-state index is -0.131. The summed E-state index contributed by atoms with van der Waals surface area (Å²) < 4.78 is 5.22. The first-order valence-corrected chi connectivity index (χ1v) is 7.01. The normalized spacial score (nSPS) is 12.2. The van der Waals surface area contributed by atoms with Crippen LogP contribution in [0.25, 0.3) is 10.8 Å². The molecule has 0 spiro atoms. The van der Waals surface area contributed by atoms with Crippen LogP contribution in [0.5, 0.6) is 5.75 Å². The van der Waals surface area contributed by atoms with Gasteiger partial charge in [-0.2, -0.15) is 0 Å². The van der Waals surface area contributed by atoms with E-state index in [4.69, 9.17) is 4.74 Å². The first-order chi connectivity index (χ1) is 9.65. The van der Waals surface area contributed by atoms with Crippen LogP contribution >= 0.6 is 0 Å². The molecule has 0 aliphatic heterocycles. The van der Waals surface area contributed by atoms with Crippen LogP contribution in [0.2, 0.25) is 0 Å². The highest BCUT2D eigenvalue weighted by Gasteiger charge is 2.14. The molecule has 0 saturated heterocycles. The largest absolute Gasteiger partial charge is 0.497 e. The van der Waals surface area contributed by atoms with E-state index in [0.717, 1.165) is 35.1 Å². The Hall–Kier alpha value is -2.03. The van der Waals surface area contributed by atoms with Crippen molar-refractivity contribution in [1.82, 2.24) is 5.32 Å². The second-order valence-corrected chi connectivity index (χ2v) is 4.99. The maximum atomic E-state index is 12.0. The number of fused-ring (bicyclic) bond motifs is 1. The zero-order chi connectivity index (χ0) is 14.5. The minimum Gasteiger partial charge on any atom is -0.497 e. The summed E-state index contributed by atoms with van der Waals surface area (Å²) in [5.74, 6) is 0.798. The lowest BCUT2D eigenvalue weighted by atomic mass is 9.97. The smallest absolute Gasteiger partial charge is 0.227 e. The third-order valence-corrected chi connectivity index (χ3v) is 3.51. The van der Waals surface area contributed by atoms with Gasteiger partial charge in [0.15, 0.2) is 0 Å². The monoisotopic (exact) mass is 271 g/mol. The summed E-state index contributed by atoms with van der Waals surface area (Å²) in [4.78, 5) is 12.0. The Balaban J connectivity index is 2.25. The van der Waals surface area contributed by atoms with Crippen molar-refractivity contribution in [3.63, 3.8) is 0 Å². The Morgan fingerprint density at radius 1 is 1.20 bits per heavy atom. The molecule has 0 aromatic heterocycles. The average Bonchev–Trinajstić information content (AvgIpc) is 2.50. The second kappa shape index (κ2) is 6.42. The van der Waals surface area contributed by atoms with Gasteiger partial charge in [0, 0.05) is 6.54 Å². The lowest BCUT2D eigenvalue weighted by molar-refractivity contribution is -0.122. The number of methoxy groups -OCH3 is 1. The van der Waals surface area contributed by atoms with Gasteiger partial charge in [0.05, 0.1) is 13.0 Å². The van der Waals surface area contributed by atoms with Crippen molar-refractivity contribution in [1.29, 1.82) is 0 Å². The minimum absolute atomic E-state index is 0.0831. The third-order valence-electron chi connectivity index (χ3n) is 3.51. The number of carbonyl (C=O) groups excluding carboxylic acids is 1. The summed E-state index contributed by atoms with van der Waals surface area (Å²) in [6.45, 7) is 4.72. The van der Waals surface area contributed by atoms with Crippen LogP contribution in [0.1, 0.15) is 31.7 Å². The maximum absolute atomic E-state index is 12.0. The molecular weight excluding hydrogens is 250 g/mol. The summed E-state index contributed by atoms with van der Waals surface area (Å²) >= 11 is 0. The number of amides is 1. The van der Waals surface area contributed by atoms with Crippen LogP contribution in [0.3, 0.4) is 0 Å². The van der Waals surface area contributed by atoms with E-state index in [2.05, 4.69) is 11.4 Å². The van der Waals surface area contributed by atoms with E-state index >= 15 is 0 Å². The molecule has 0 radical (unpaired) electrons. The quantitative estimate of drug-likeness (QED) is 0.904. The highest BCUT2D eigenvalue weighted by molar-refractivity contribution is 5.88. The van der Waals surface area contributed by atoms with E-state index in [9.17, 15) is 4.79 Å². The summed E-state index contributed by atoms with van der Waals surface area (Å²) in [7, 11) is 1.66. The first-order valence-electron chi connectivity index (χ1n) is 7.01. The molecule has 0 aliphatic carbocycles. The molecule has 2 aromatic carbocycles. The number of rotatable bonds is 5. The molecule has 0 bridgehead atoms. The standard InChI is InChI=1S/C17H21NO2/c1-4-9-18-17(19)12(2)13-5-6-15-11-16(20-3)8-7-14(15)10-13/h5-8,10-12H,4,9H2,1-3H3,(H,18,19)/t12-/m0/s1. The third kappa shape index (κ3) is 3.10. The Kier molecular flexibility index (Phi) is 4.61. The zero-order valence-electron chi connectivity index (χ0n) is 12.3. The molecule has 3 nitrogen and oxygen atoms in total. The van der Waals surface area contributed by atoms with E-state index in [0.29, 0.717) is 0 Å². The molecule has 0 fully saturated rings. The molecular formula is C17H21NO2. The summed E-state index contributed by atoms with van der Waals surface area (Å²) in [6.07, 6.45) is 0.954. The highest BCUT2D eigenvalue weighted by Crippen LogP contribution is 2.25. The number of benzene rings is 2. The van der Waals surface area contributed by atoms with E-state index < -0.39 is 0 Å². The van der Waals surface area contributed by atoms with E-state index in [1.165, 1.54) is 0 Å². The second-order valence-electron chi connectivity index (χ2n) is 4.99. The van der Waals surface area contributed by atoms with Gasteiger partial charge in [-0.1, -0.05) is 31.2 Å². The molecule has 106 valence electrons. The fourth-order valence-corrected chi connectivity index (χ4v) is 2.19. The van der Waals surface area contributed by atoms with Gasteiger partial charge in [0.2, 0.25) is 5.91 Å². The van der Waals surface area contributed by atoms with Crippen LogP contribution in [0.4, 0.5) is 0 Å². The topological polar surface area (TPSA) is 38.3 Å². The van der Waals surface area contributed by atoms with E-state index in [1.807, 2.05) is 44.2 Å².